The van der Waals surface area contributed by atoms with Crippen molar-refractivity contribution in [2.24, 2.45) is 0 Å². The van der Waals surface area contributed by atoms with Crippen LogP contribution in [0.25, 0.3) is 0 Å². The van der Waals surface area contributed by atoms with E-state index in [1.807, 2.05) is 30.3 Å². The molecule has 3 nitrogen and oxygen atoms in total. The molecule has 1 aromatic carbocycles. The molecule has 0 aliphatic heterocycles. The first-order valence-electron chi connectivity index (χ1n) is 6.76. The van der Waals surface area contributed by atoms with E-state index in [1.165, 1.54) is 5.56 Å². The Bertz CT molecular complexity index is 384. The van der Waals surface area contributed by atoms with Gasteiger partial charge in [-0.15, -0.1) is 0 Å². The van der Waals surface area contributed by atoms with Gasteiger partial charge >= 0.3 is 7.12 Å². The second-order valence-corrected chi connectivity index (χ2v) is 6.19. The molecule has 0 bridgehead atoms. The lowest BCUT2D eigenvalue weighted by Crippen LogP contribution is -2.50. The molecule has 19 heavy (non-hydrogen) atoms. The lowest BCUT2D eigenvalue weighted by Gasteiger charge is -2.38. The molecule has 1 rings (SSSR count). The first-order valence-corrected chi connectivity index (χ1v) is 6.76. The highest BCUT2D eigenvalue weighted by Gasteiger charge is 2.39. The monoisotopic (exact) mass is 264 g/mol. The van der Waals surface area contributed by atoms with Crippen LogP contribution in [0.1, 0.15) is 46.1 Å². The molecule has 0 aliphatic rings. The molecule has 0 aliphatic carbocycles. The fourth-order valence-corrected chi connectivity index (χ4v) is 1.75. The molecule has 1 aromatic rings. The Labute approximate surface area is 116 Å². The van der Waals surface area contributed by atoms with E-state index < -0.39 is 18.3 Å². The zero-order chi connectivity index (χ0) is 14.7. The largest absolute Gasteiger partial charge is 0.455 e. The summed E-state index contributed by atoms with van der Waals surface area (Å²) in [6, 6.07) is 10.0. The number of hydrogen-bond donors (Lipinski definition) is 2. The molecule has 106 valence electrons. The Hall–Kier alpha value is -0.835. The van der Waals surface area contributed by atoms with Crippen LogP contribution in [0.4, 0.5) is 0 Å². The van der Waals surface area contributed by atoms with Gasteiger partial charge in [0.2, 0.25) is 0 Å². The quantitative estimate of drug-likeness (QED) is 0.777. The van der Waals surface area contributed by atoms with Crippen LogP contribution in [0.3, 0.4) is 0 Å². The predicted octanol–water partition coefficient (Wildman–Crippen LogP) is 2.84. The molecular weight excluding hydrogens is 239 g/mol. The van der Waals surface area contributed by atoms with Crippen molar-refractivity contribution in [2.75, 3.05) is 0 Å². The van der Waals surface area contributed by atoms with Gasteiger partial charge in [0.15, 0.2) is 0 Å². The van der Waals surface area contributed by atoms with Crippen molar-refractivity contribution >= 4 is 7.12 Å². The van der Waals surface area contributed by atoms with Crippen LogP contribution in [0.5, 0.6) is 0 Å². The van der Waals surface area contributed by atoms with Gasteiger partial charge in [-0.1, -0.05) is 37.3 Å². The van der Waals surface area contributed by atoms with E-state index >= 15 is 0 Å². The van der Waals surface area contributed by atoms with Gasteiger partial charge in [0.25, 0.3) is 0 Å². The molecule has 0 spiro atoms. The van der Waals surface area contributed by atoms with E-state index in [2.05, 4.69) is 6.92 Å². The summed E-state index contributed by atoms with van der Waals surface area (Å²) in [5.41, 5.74) is -0.640. The fraction of sp³-hybridized carbons (Fsp3) is 0.600. The summed E-state index contributed by atoms with van der Waals surface area (Å²) in [6.45, 7) is 8.98. The molecule has 0 heterocycles. The van der Waals surface area contributed by atoms with Crippen molar-refractivity contribution in [3.05, 3.63) is 35.9 Å². The zero-order valence-electron chi connectivity index (χ0n) is 12.6. The lowest BCUT2D eigenvalue weighted by molar-refractivity contribution is -0.100. The number of rotatable bonds is 6. The summed E-state index contributed by atoms with van der Waals surface area (Å²) in [6.07, 6.45) is 0.503. The van der Waals surface area contributed by atoms with Gasteiger partial charge in [-0.25, -0.2) is 0 Å². The maximum absolute atomic E-state index is 10.0. The summed E-state index contributed by atoms with van der Waals surface area (Å²) < 4.78 is 5.60. The van der Waals surface area contributed by atoms with Crippen LogP contribution in [0.2, 0.25) is 6.32 Å². The second-order valence-electron chi connectivity index (χ2n) is 6.19. The Balaban J connectivity index is 2.59. The molecule has 0 radical (unpaired) electrons. The molecule has 0 amide bonds. The highest BCUT2D eigenvalue weighted by Crippen LogP contribution is 2.28. The molecule has 0 saturated carbocycles. The van der Waals surface area contributed by atoms with E-state index in [4.69, 9.17) is 4.65 Å². The summed E-state index contributed by atoms with van der Waals surface area (Å²) in [4.78, 5) is 0. The van der Waals surface area contributed by atoms with Crippen molar-refractivity contribution < 1.29 is 14.8 Å². The van der Waals surface area contributed by atoms with Crippen LogP contribution in [0, 0.1) is 0 Å². The molecule has 0 saturated heterocycles. The predicted molar refractivity (Wildman–Crippen MR) is 79.1 cm³/mol. The Morgan fingerprint density at radius 2 is 1.68 bits per heavy atom. The molecule has 0 fully saturated rings. The molecule has 4 heteroatoms. The Morgan fingerprint density at radius 3 is 2.16 bits per heavy atom. The van der Waals surface area contributed by atoms with Crippen molar-refractivity contribution in [3.8, 4) is 0 Å². The van der Waals surface area contributed by atoms with E-state index in [9.17, 15) is 10.1 Å². The average molecular weight is 264 g/mol. The van der Waals surface area contributed by atoms with E-state index in [0.717, 1.165) is 0 Å². The van der Waals surface area contributed by atoms with Gasteiger partial charge in [-0.3, -0.25) is 0 Å². The van der Waals surface area contributed by atoms with Gasteiger partial charge in [-0.05, 0) is 45.5 Å². The van der Waals surface area contributed by atoms with Crippen LogP contribution in [-0.2, 0) is 4.65 Å². The summed E-state index contributed by atoms with van der Waals surface area (Å²) >= 11 is 0. The molecule has 0 aromatic heterocycles. The number of aliphatic hydroxyl groups is 1. The third kappa shape index (κ3) is 4.64. The molecule has 1 atom stereocenters. The highest BCUT2D eigenvalue weighted by molar-refractivity contribution is 6.43. The van der Waals surface area contributed by atoms with Crippen LogP contribution >= 0.6 is 0 Å². The smallest absolute Gasteiger partial charge is 0.427 e. The van der Waals surface area contributed by atoms with Gasteiger partial charge in [0.1, 0.15) is 0 Å². The van der Waals surface area contributed by atoms with Crippen molar-refractivity contribution in [1.29, 1.82) is 0 Å². The average Bonchev–Trinajstić information content (AvgIpc) is 2.27. The Kier molecular flexibility index (Phi) is 5.19. The third-order valence-corrected chi connectivity index (χ3v) is 3.83. The maximum atomic E-state index is 10.0. The van der Waals surface area contributed by atoms with Gasteiger partial charge in [0, 0.05) is 0 Å². The zero-order valence-corrected chi connectivity index (χ0v) is 12.6. The molecule has 1 unspecified atom stereocenters. The SMILES string of the molecule is CC(CB(O)OC(C)(C)C(C)(C)O)c1ccccc1. The normalized spacial score (nSPS) is 14.3. The van der Waals surface area contributed by atoms with Crippen molar-refractivity contribution in [1.82, 2.24) is 0 Å². The number of hydrogen-bond acceptors (Lipinski definition) is 3. The minimum absolute atomic E-state index is 0.203. The first kappa shape index (κ1) is 16.2. The van der Waals surface area contributed by atoms with Crippen LogP contribution in [0.15, 0.2) is 30.3 Å². The van der Waals surface area contributed by atoms with Gasteiger partial charge in [0.05, 0.1) is 11.2 Å². The first-order chi connectivity index (χ1) is 8.63. The fourth-order valence-electron chi connectivity index (χ4n) is 1.75. The lowest BCUT2D eigenvalue weighted by atomic mass is 9.74. The summed E-state index contributed by atoms with van der Waals surface area (Å²) in [5, 5.41) is 20.1. The standard InChI is InChI=1S/C15H25BO3/c1-12(13-9-7-6-8-10-13)11-16(18)19-15(4,5)14(2,3)17/h6-10,12,17-18H,11H2,1-5H3. The minimum atomic E-state index is -1.01. The van der Waals surface area contributed by atoms with Crippen LogP contribution in [-0.4, -0.2) is 28.5 Å². The third-order valence-electron chi connectivity index (χ3n) is 3.83. The molecule has 2 N–H and O–H groups in total. The van der Waals surface area contributed by atoms with Crippen molar-refractivity contribution in [3.63, 3.8) is 0 Å². The van der Waals surface area contributed by atoms with E-state index in [0.29, 0.717) is 6.32 Å². The Morgan fingerprint density at radius 1 is 1.16 bits per heavy atom. The minimum Gasteiger partial charge on any atom is -0.427 e. The number of benzene rings is 1. The summed E-state index contributed by atoms with van der Waals surface area (Å²) in [5.74, 6) is 0.203. The highest BCUT2D eigenvalue weighted by atomic mass is 16.5. The van der Waals surface area contributed by atoms with Crippen LogP contribution < -0.4 is 0 Å². The second kappa shape index (κ2) is 6.08. The molecular formula is C15H25BO3. The van der Waals surface area contributed by atoms with E-state index in [1.54, 1.807) is 27.7 Å². The summed E-state index contributed by atoms with van der Waals surface area (Å²) in [7, 11) is -0.892. The topological polar surface area (TPSA) is 49.7 Å². The van der Waals surface area contributed by atoms with E-state index in [-0.39, 0.29) is 5.92 Å². The van der Waals surface area contributed by atoms with Gasteiger partial charge in [-0.2, -0.15) is 0 Å². The maximum Gasteiger partial charge on any atom is 0.455 e. The van der Waals surface area contributed by atoms with Gasteiger partial charge < -0.3 is 14.8 Å². The van der Waals surface area contributed by atoms with Crippen molar-refractivity contribution in [2.45, 2.75) is 58.1 Å².